The number of fused-ring (bicyclic) bond motifs is 5. The third-order valence-electron chi connectivity index (χ3n) is 4.14. The Labute approximate surface area is 85.0 Å². The van der Waals surface area contributed by atoms with Gasteiger partial charge in [-0.3, -0.25) is 4.79 Å². The second-order valence-electron chi connectivity index (χ2n) is 4.92. The molecule has 4 unspecified atom stereocenters. The van der Waals surface area contributed by atoms with Crippen molar-refractivity contribution in [2.24, 2.45) is 23.7 Å². The molecule has 2 heteroatoms. The van der Waals surface area contributed by atoms with Gasteiger partial charge >= 0.3 is 0 Å². The smallest absolute Gasteiger partial charge is 0.226 e. The molecule has 1 heterocycles. The summed E-state index contributed by atoms with van der Waals surface area (Å²) in [6.07, 6.45) is 6.96. The molecule has 0 radical (unpaired) electrons. The number of carbonyl (C=O) groups excluding carboxylic acids is 1. The van der Waals surface area contributed by atoms with Crippen molar-refractivity contribution in [3.05, 3.63) is 12.2 Å². The van der Waals surface area contributed by atoms with Crippen molar-refractivity contribution in [2.45, 2.75) is 19.8 Å². The summed E-state index contributed by atoms with van der Waals surface area (Å²) in [6.45, 7) is 4.14. The Kier molecular flexibility index (Phi) is 1.73. The lowest BCUT2D eigenvalue weighted by Crippen LogP contribution is -2.29. The Hall–Kier alpha value is -0.790. The SMILES string of the molecule is CCCN1CC2C3C=CC(C3)C2C1=O. The highest BCUT2D eigenvalue weighted by Gasteiger charge is 2.53. The summed E-state index contributed by atoms with van der Waals surface area (Å²) in [5.41, 5.74) is 0. The zero-order chi connectivity index (χ0) is 9.71. The Balaban J connectivity index is 1.82. The first-order valence-corrected chi connectivity index (χ1v) is 5.78. The van der Waals surface area contributed by atoms with Crippen LogP contribution in [0.25, 0.3) is 0 Å². The van der Waals surface area contributed by atoms with Crippen LogP contribution in [-0.2, 0) is 4.79 Å². The van der Waals surface area contributed by atoms with E-state index in [2.05, 4.69) is 24.0 Å². The fraction of sp³-hybridized carbons (Fsp3) is 0.750. The number of rotatable bonds is 2. The van der Waals surface area contributed by atoms with Gasteiger partial charge in [0.05, 0.1) is 0 Å². The van der Waals surface area contributed by atoms with Crippen LogP contribution >= 0.6 is 0 Å². The lowest BCUT2D eigenvalue weighted by atomic mass is 9.86. The Bertz CT molecular complexity index is 297. The van der Waals surface area contributed by atoms with E-state index in [4.69, 9.17) is 0 Å². The van der Waals surface area contributed by atoms with Crippen molar-refractivity contribution in [2.75, 3.05) is 13.1 Å². The molecule has 2 fully saturated rings. The van der Waals surface area contributed by atoms with Gasteiger partial charge in [0.25, 0.3) is 0 Å². The number of likely N-dealkylation sites (tertiary alicyclic amines) is 1. The van der Waals surface area contributed by atoms with E-state index in [9.17, 15) is 4.79 Å². The van der Waals surface area contributed by atoms with Gasteiger partial charge in [0.1, 0.15) is 0 Å². The van der Waals surface area contributed by atoms with Gasteiger partial charge in [-0.1, -0.05) is 19.1 Å². The number of allylic oxidation sites excluding steroid dienone is 2. The Morgan fingerprint density at radius 2 is 2.21 bits per heavy atom. The molecule has 3 rings (SSSR count). The van der Waals surface area contributed by atoms with E-state index in [0.717, 1.165) is 25.4 Å². The molecule has 2 nitrogen and oxygen atoms in total. The molecule has 76 valence electrons. The quantitative estimate of drug-likeness (QED) is 0.608. The van der Waals surface area contributed by atoms with Gasteiger partial charge in [0.15, 0.2) is 0 Å². The van der Waals surface area contributed by atoms with Gasteiger partial charge in [-0.2, -0.15) is 0 Å². The topological polar surface area (TPSA) is 20.3 Å². The third-order valence-corrected chi connectivity index (χ3v) is 4.14. The number of amides is 1. The van der Waals surface area contributed by atoms with Crippen LogP contribution in [0.15, 0.2) is 12.2 Å². The maximum absolute atomic E-state index is 12.1. The Morgan fingerprint density at radius 3 is 2.93 bits per heavy atom. The standard InChI is InChI=1S/C12H17NO/c1-2-5-13-7-10-8-3-4-9(6-8)11(10)12(13)14/h3-4,8-11H,2,5-7H2,1H3. The molecule has 4 atom stereocenters. The normalized spacial score (nSPS) is 43.8. The van der Waals surface area contributed by atoms with Crippen LogP contribution in [0.2, 0.25) is 0 Å². The third kappa shape index (κ3) is 0.943. The molecule has 1 amide bonds. The van der Waals surface area contributed by atoms with Gasteiger partial charge in [-0.25, -0.2) is 0 Å². The van der Waals surface area contributed by atoms with Crippen LogP contribution in [0.4, 0.5) is 0 Å². The van der Waals surface area contributed by atoms with Gasteiger partial charge in [-0.05, 0) is 30.6 Å². The average Bonchev–Trinajstić information content (AvgIpc) is 2.81. The molecule has 2 bridgehead atoms. The predicted molar refractivity (Wildman–Crippen MR) is 54.6 cm³/mol. The molecular formula is C12H17NO. The molecule has 3 aliphatic rings. The highest BCUT2D eigenvalue weighted by molar-refractivity contribution is 5.83. The summed E-state index contributed by atoms with van der Waals surface area (Å²) < 4.78 is 0. The van der Waals surface area contributed by atoms with E-state index in [-0.39, 0.29) is 0 Å². The van der Waals surface area contributed by atoms with Crippen LogP contribution in [0.1, 0.15) is 19.8 Å². The highest BCUT2D eigenvalue weighted by atomic mass is 16.2. The van der Waals surface area contributed by atoms with Crippen LogP contribution in [0, 0.1) is 23.7 Å². The number of nitrogens with zero attached hydrogens (tertiary/aromatic N) is 1. The van der Waals surface area contributed by atoms with Crippen molar-refractivity contribution in [1.82, 2.24) is 4.90 Å². The van der Waals surface area contributed by atoms with E-state index in [1.807, 2.05) is 0 Å². The molecule has 0 spiro atoms. The minimum atomic E-state index is 0.358. The summed E-state index contributed by atoms with van der Waals surface area (Å²) in [5, 5.41) is 0. The number of hydrogen-bond acceptors (Lipinski definition) is 1. The Morgan fingerprint density at radius 1 is 1.43 bits per heavy atom. The molecule has 2 aliphatic carbocycles. The average molecular weight is 191 g/mol. The van der Waals surface area contributed by atoms with Crippen LogP contribution in [-0.4, -0.2) is 23.9 Å². The zero-order valence-electron chi connectivity index (χ0n) is 8.65. The largest absolute Gasteiger partial charge is 0.342 e. The first kappa shape index (κ1) is 8.51. The summed E-state index contributed by atoms with van der Waals surface area (Å²) in [6, 6.07) is 0. The van der Waals surface area contributed by atoms with Gasteiger partial charge in [0.2, 0.25) is 5.91 Å². The van der Waals surface area contributed by atoms with Crippen molar-refractivity contribution < 1.29 is 4.79 Å². The number of hydrogen-bond donors (Lipinski definition) is 0. The van der Waals surface area contributed by atoms with Crippen molar-refractivity contribution >= 4 is 5.91 Å². The van der Waals surface area contributed by atoms with E-state index >= 15 is 0 Å². The second kappa shape index (κ2) is 2.85. The fourth-order valence-corrected chi connectivity index (χ4v) is 3.57. The van der Waals surface area contributed by atoms with E-state index in [1.165, 1.54) is 6.42 Å². The lowest BCUT2D eigenvalue weighted by Gasteiger charge is -2.17. The first-order chi connectivity index (χ1) is 6.81. The minimum absolute atomic E-state index is 0.358. The minimum Gasteiger partial charge on any atom is -0.342 e. The summed E-state index contributed by atoms with van der Waals surface area (Å²) in [5.74, 6) is 2.75. The zero-order valence-corrected chi connectivity index (χ0v) is 8.65. The molecular weight excluding hydrogens is 174 g/mol. The predicted octanol–water partition coefficient (Wildman–Crippen LogP) is 1.68. The van der Waals surface area contributed by atoms with Crippen LogP contribution < -0.4 is 0 Å². The summed E-state index contributed by atoms with van der Waals surface area (Å²) >= 11 is 0. The molecule has 0 N–H and O–H groups in total. The molecule has 0 aromatic rings. The first-order valence-electron chi connectivity index (χ1n) is 5.78. The van der Waals surface area contributed by atoms with E-state index in [1.54, 1.807) is 0 Å². The molecule has 0 aromatic heterocycles. The molecule has 1 aliphatic heterocycles. The highest BCUT2D eigenvalue weighted by Crippen LogP contribution is 2.51. The van der Waals surface area contributed by atoms with E-state index in [0.29, 0.717) is 23.7 Å². The number of carbonyl (C=O) groups is 1. The molecule has 1 saturated carbocycles. The van der Waals surface area contributed by atoms with Crippen molar-refractivity contribution in [3.8, 4) is 0 Å². The van der Waals surface area contributed by atoms with E-state index < -0.39 is 0 Å². The van der Waals surface area contributed by atoms with Crippen LogP contribution in [0.5, 0.6) is 0 Å². The summed E-state index contributed by atoms with van der Waals surface area (Å²) in [4.78, 5) is 14.1. The lowest BCUT2D eigenvalue weighted by molar-refractivity contribution is -0.131. The monoisotopic (exact) mass is 191 g/mol. The summed E-state index contributed by atoms with van der Waals surface area (Å²) in [7, 11) is 0. The molecule has 1 saturated heterocycles. The van der Waals surface area contributed by atoms with Crippen molar-refractivity contribution in [3.63, 3.8) is 0 Å². The van der Waals surface area contributed by atoms with Gasteiger partial charge in [0, 0.05) is 19.0 Å². The molecule has 0 aromatic carbocycles. The maximum atomic E-state index is 12.1. The van der Waals surface area contributed by atoms with Crippen molar-refractivity contribution in [1.29, 1.82) is 0 Å². The van der Waals surface area contributed by atoms with Gasteiger partial charge in [-0.15, -0.1) is 0 Å². The fourth-order valence-electron chi connectivity index (χ4n) is 3.57. The second-order valence-corrected chi connectivity index (χ2v) is 4.92. The van der Waals surface area contributed by atoms with Crippen LogP contribution in [0.3, 0.4) is 0 Å². The van der Waals surface area contributed by atoms with Gasteiger partial charge < -0.3 is 4.90 Å². The molecule has 14 heavy (non-hydrogen) atoms. The maximum Gasteiger partial charge on any atom is 0.226 e.